The Hall–Kier alpha value is -2.25. The molecule has 0 unspecified atom stereocenters. The quantitative estimate of drug-likeness (QED) is 0.768. The lowest BCUT2D eigenvalue weighted by Gasteiger charge is -2.30. The molecule has 28 heavy (non-hydrogen) atoms. The second kappa shape index (κ2) is 8.84. The van der Waals surface area contributed by atoms with Gasteiger partial charge in [-0.25, -0.2) is 12.8 Å². The second-order valence-electron chi connectivity index (χ2n) is 7.31. The van der Waals surface area contributed by atoms with Crippen molar-refractivity contribution in [3.05, 3.63) is 59.9 Å². The van der Waals surface area contributed by atoms with Gasteiger partial charge < -0.3 is 5.32 Å². The predicted molar refractivity (Wildman–Crippen MR) is 109 cm³/mol. The molecule has 1 aliphatic heterocycles. The van der Waals surface area contributed by atoms with E-state index in [4.69, 9.17) is 0 Å². The number of carbonyl (C=O) groups excluding carboxylic acids is 1. The van der Waals surface area contributed by atoms with Crippen molar-refractivity contribution in [2.24, 2.45) is 0 Å². The SMILES string of the molecule is CS(=O)(=O)C1CCN(CC(=O)Cc2ccc(F)cc2Nc2ccccc2)CC1. The summed E-state index contributed by atoms with van der Waals surface area (Å²) in [6.07, 6.45) is 2.59. The van der Waals surface area contributed by atoms with Crippen molar-refractivity contribution in [1.29, 1.82) is 0 Å². The van der Waals surface area contributed by atoms with Crippen molar-refractivity contribution in [2.75, 3.05) is 31.2 Å². The monoisotopic (exact) mass is 404 g/mol. The number of nitrogens with zero attached hydrogens (tertiary/aromatic N) is 1. The van der Waals surface area contributed by atoms with Gasteiger partial charge in [-0.05, 0) is 55.8 Å². The van der Waals surface area contributed by atoms with E-state index in [0.717, 1.165) is 11.3 Å². The number of para-hydroxylation sites is 1. The van der Waals surface area contributed by atoms with Crippen molar-refractivity contribution in [1.82, 2.24) is 4.90 Å². The molecule has 2 aromatic rings. The maximum atomic E-state index is 13.7. The molecular weight excluding hydrogens is 379 g/mol. The number of halogens is 1. The average molecular weight is 405 g/mol. The first-order chi connectivity index (χ1) is 13.3. The summed E-state index contributed by atoms with van der Waals surface area (Å²) in [5.74, 6) is -0.335. The fraction of sp³-hybridized carbons (Fsp3) is 0.381. The molecule has 7 heteroatoms. The largest absolute Gasteiger partial charge is 0.355 e. The van der Waals surface area contributed by atoms with E-state index in [2.05, 4.69) is 5.32 Å². The standard InChI is InChI=1S/C21H25FN2O3S/c1-28(26,27)20-9-11-24(12-10-20)15-19(25)13-16-7-8-17(22)14-21(16)23-18-5-3-2-4-6-18/h2-8,14,20,23H,9-13,15H2,1H3. The van der Waals surface area contributed by atoms with Gasteiger partial charge in [-0.1, -0.05) is 24.3 Å². The minimum absolute atomic E-state index is 0.0283. The summed E-state index contributed by atoms with van der Waals surface area (Å²) in [7, 11) is -3.02. The van der Waals surface area contributed by atoms with Crippen molar-refractivity contribution in [3.8, 4) is 0 Å². The third-order valence-electron chi connectivity index (χ3n) is 5.05. The third-order valence-corrected chi connectivity index (χ3v) is 6.73. The van der Waals surface area contributed by atoms with Gasteiger partial charge in [-0.3, -0.25) is 9.69 Å². The lowest BCUT2D eigenvalue weighted by molar-refractivity contribution is -0.119. The minimum atomic E-state index is -3.02. The van der Waals surface area contributed by atoms with Gasteiger partial charge in [-0.15, -0.1) is 0 Å². The molecule has 1 fully saturated rings. The highest BCUT2D eigenvalue weighted by Gasteiger charge is 2.27. The van der Waals surface area contributed by atoms with Crippen LogP contribution in [0, 0.1) is 5.82 Å². The number of piperidine rings is 1. The van der Waals surface area contributed by atoms with Gasteiger partial charge in [0.25, 0.3) is 0 Å². The number of carbonyl (C=O) groups is 1. The van der Waals surface area contributed by atoms with Crippen LogP contribution >= 0.6 is 0 Å². The number of benzene rings is 2. The Morgan fingerprint density at radius 2 is 1.82 bits per heavy atom. The Labute approximate surface area is 165 Å². The van der Waals surface area contributed by atoms with Crippen molar-refractivity contribution >= 4 is 27.0 Å². The summed E-state index contributed by atoms with van der Waals surface area (Å²) in [4.78, 5) is 14.6. The smallest absolute Gasteiger partial charge is 0.151 e. The molecule has 0 atom stereocenters. The summed E-state index contributed by atoms with van der Waals surface area (Å²) < 4.78 is 37.0. The van der Waals surface area contributed by atoms with Crippen LogP contribution in [0.3, 0.4) is 0 Å². The molecule has 1 heterocycles. The van der Waals surface area contributed by atoms with Crippen LogP contribution < -0.4 is 5.32 Å². The zero-order chi connectivity index (χ0) is 20.1. The summed E-state index contributed by atoms with van der Waals surface area (Å²) in [5, 5.41) is 2.86. The van der Waals surface area contributed by atoms with Gasteiger partial charge >= 0.3 is 0 Å². The molecule has 0 spiro atoms. The summed E-state index contributed by atoms with van der Waals surface area (Å²) >= 11 is 0. The second-order valence-corrected chi connectivity index (χ2v) is 9.64. The number of ketones is 1. The molecule has 150 valence electrons. The number of hydrogen-bond acceptors (Lipinski definition) is 5. The van der Waals surface area contributed by atoms with Crippen LogP contribution in [0.1, 0.15) is 18.4 Å². The van der Waals surface area contributed by atoms with E-state index < -0.39 is 9.84 Å². The molecule has 3 rings (SSSR count). The number of likely N-dealkylation sites (tertiary alicyclic amines) is 1. The lowest BCUT2D eigenvalue weighted by atomic mass is 10.0. The zero-order valence-electron chi connectivity index (χ0n) is 15.9. The zero-order valence-corrected chi connectivity index (χ0v) is 16.7. The number of anilines is 2. The molecule has 0 aromatic heterocycles. The van der Waals surface area contributed by atoms with E-state index >= 15 is 0 Å². The van der Waals surface area contributed by atoms with Gasteiger partial charge in [0.05, 0.1) is 11.8 Å². The van der Waals surface area contributed by atoms with Crippen LogP contribution in [-0.2, 0) is 21.1 Å². The number of rotatable bonds is 7. The highest BCUT2D eigenvalue weighted by molar-refractivity contribution is 7.91. The molecule has 1 aliphatic rings. The fourth-order valence-corrected chi connectivity index (χ4v) is 4.58. The first-order valence-corrected chi connectivity index (χ1v) is 11.3. The predicted octanol–water partition coefficient (Wildman–Crippen LogP) is 3.19. The van der Waals surface area contributed by atoms with E-state index in [-0.39, 0.29) is 29.8 Å². The fourth-order valence-electron chi connectivity index (χ4n) is 3.51. The van der Waals surface area contributed by atoms with E-state index in [9.17, 15) is 17.6 Å². The molecule has 0 aliphatic carbocycles. The normalized spacial score (nSPS) is 16.1. The van der Waals surface area contributed by atoms with Gasteiger partial charge in [0.1, 0.15) is 15.7 Å². The van der Waals surface area contributed by atoms with Crippen molar-refractivity contribution in [2.45, 2.75) is 24.5 Å². The number of sulfone groups is 1. The highest BCUT2D eigenvalue weighted by Crippen LogP contribution is 2.23. The lowest BCUT2D eigenvalue weighted by Crippen LogP contribution is -2.41. The molecule has 1 saturated heterocycles. The van der Waals surface area contributed by atoms with E-state index in [0.29, 0.717) is 31.6 Å². The maximum absolute atomic E-state index is 13.7. The third kappa shape index (κ3) is 5.62. The molecular formula is C21H25FN2O3S. The summed E-state index contributed by atoms with van der Waals surface area (Å²) in [6, 6.07) is 13.8. The van der Waals surface area contributed by atoms with Crippen LogP contribution in [0.25, 0.3) is 0 Å². The molecule has 0 saturated carbocycles. The van der Waals surface area contributed by atoms with Crippen LogP contribution in [0.2, 0.25) is 0 Å². The molecule has 0 radical (unpaired) electrons. The Kier molecular flexibility index (Phi) is 6.46. The first kappa shape index (κ1) is 20.5. The molecule has 1 N–H and O–H groups in total. The van der Waals surface area contributed by atoms with Gasteiger partial charge in [-0.2, -0.15) is 0 Å². The molecule has 5 nitrogen and oxygen atoms in total. The van der Waals surface area contributed by atoms with Crippen LogP contribution in [0.4, 0.5) is 15.8 Å². The minimum Gasteiger partial charge on any atom is -0.355 e. The Morgan fingerprint density at radius 3 is 2.46 bits per heavy atom. The molecule has 0 bridgehead atoms. The Bertz CT molecular complexity index is 924. The van der Waals surface area contributed by atoms with E-state index in [1.165, 1.54) is 18.4 Å². The number of nitrogens with one attached hydrogen (secondary N) is 1. The van der Waals surface area contributed by atoms with Crippen LogP contribution in [0.15, 0.2) is 48.5 Å². The van der Waals surface area contributed by atoms with Crippen molar-refractivity contribution in [3.63, 3.8) is 0 Å². The van der Waals surface area contributed by atoms with E-state index in [1.54, 1.807) is 6.07 Å². The summed E-state index contributed by atoms with van der Waals surface area (Å²) in [6.45, 7) is 1.47. The topological polar surface area (TPSA) is 66.5 Å². The number of Topliss-reactive ketones (excluding diaryl/α,β-unsaturated/α-hetero) is 1. The molecule has 2 aromatic carbocycles. The van der Waals surface area contributed by atoms with E-state index in [1.807, 2.05) is 35.2 Å². The number of hydrogen-bond donors (Lipinski definition) is 1. The Morgan fingerprint density at radius 1 is 1.14 bits per heavy atom. The Balaban J connectivity index is 1.61. The first-order valence-electron chi connectivity index (χ1n) is 9.34. The van der Waals surface area contributed by atoms with Gasteiger partial charge in [0, 0.05) is 24.1 Å². The van der Waals surface area contributed by atoms with Gasteiger partial charge in [0.15, 0.2) is 5.78 Å². The van der Waals surface area contributed by atoms with Crippen molar-refractivity contribution < 1.29 is 17.6 Å². The molecule has 0 amide bonds. The average Bonchev–Trinajstić information content (AvgIpc) is 2.64. The van der Waals surface area contributed by atoms with Gasteiger partial charge in [0.2, 0.25) is 0 Å². The van der Waals surface area contributed by atoms with Crippen LogP contribution in [-0.4, -0.2) is 50.2 Å². The van der Waals surface area contributed by atoms with Crippen LogP contribution in [0.5, 0.6) is 0 Å². The maximum Gasteiger partial charge on any atom is 0.151 e. The summed E-state index contributed by atoms with van der Waals surface area (Å²) in [5.41, 5.74) is 2.14. The highest BCUT2D eigenvalue weighted by atomic mass is 32.2.